The molecule has 0 saturated heterocycles. The van der Waals surface area contributed by atoms with Crippen LogP contribution in [0.4, 0.5) is 10.1 Å². The van der Waals surface area contributed by atoms with E-state index in [1.54, 1.807) is 0 Å². The Hall–Kier alpha value is -1.58. The molecule has 80 valence electrons. The molecule has 0 heterocycles. The molecule has 1 N–H and O–H groups in total. The van der Waals surface area contributed by atoms with Crippen molar-refractivity contribution in [1.29, 1.82) is 0 Å². The summed E-state index contributed by atoms with van der Waals surface area (Å²) in [4.78, 5) is 11.4. The largest absolute Gasteiger partial charge is 0.494 e. The van der Waals surface area contributed by atoms with E-state index in [-0.39, 0.29) is 17.6 Å². The highest BCUT2D eigenvalue weighted by atomic mass is 19.1. The molecule has 0 aliphatic heterocycles. The lowest BCUT2D eigenvalue weighted by molar-refractivity contribution is -0.117. The molecule has 1 aliphatic rings. The van der Waals surface area contributed by atoms with Gasteiger partial charge in [0.1, 0.15) is 0 Å². The van der Waals surface area contributed by atoms with Gasteiger partial charge >= 0.3 is 0 Å². The van der Waals surface area contributed by atoms with E-state index in [0.717, 1.165) is 12.8 Å². The Kier molecular flexibility index (Phi) is 2.58. The van der Waals surface area contributed by atoms with Crippen LogP contribution < -0.4 is 10.1 Å². The molecule has 3 nitrogen and oxygen atoms in total. The second kappa shape index (κ2) is 3.88. The van der Waals surface area contributed by atoms with E-state index in [2.05, 4.69) is 5.32 Å². The molecule has 1 saturated carbocycles. The molecule has 4 heteroatoms. The number of halogens is 1. The van der Waals surface area contributed by atoms with Crippen LogP contribution in [0.25, 0.3) is 0 Å². The minimum atomic E-state index is -0.429. The average molecular weight is 209 g/mol. The number of amides is 1. The fourth-order valence-electron chi connectivity index (χ4n) is 1.33. The smallest absolute Gasteiger partial charge is 0.227 e. The number of benzene rings is 1. The summed E-state index contributed by atoms with van der Waals surface area (Å²) in [6, 6.07) is 4.29. The molecule has 0 radical (unpaired) electrons. The first-order valence-electron chi connectivity index (χ1n) is 4.85. The van der Waals surface area contributed by atoms with Gasteiger partial charge in [-0.3, -0.25) is 4.79 Å². The summed E-state index contributed by atoms with van der Waals surface area (Å²) < 4.78 is 17.9. The van der Waals surface area contributed by atoms with Gasteiger partial charge in [0.25, 0.3) is 0 Å². The van der Waals surface area contributed by atoms with Gasteiger partial charge in [-0.05, 0) is 25.0 Å². The Morgan fingerprint density at radius 3 is 2.87 bits per heavy atom. The topological polar surface area (TPSA) is 38.3 Å². The van der Waals surface area contributed by atoms with Crippen LogP contribution >= 0.6 is 0 Å². The minimum absolute atomic E-state index is 0.00339. The molecule has 0 unspecified atom stereocenters. The van der Waals surface area contributed by atoms with Crippen LogP contribution in [0.1, 0.15) is 12.8 Å². The molecule has 0 bridgehead atoms. The Labute approximate surface area is 87.2 Å². The maximum absolute atomic E-state index is 13.0. The number of hydrogen-bond donors (Lipinski definition) is 1. The van der Waals surface area contributed by atoms with Crippen molar-refractivity contribution in [3.8, 4) is 5.75 Å². The molecular weight excluding hydrogens is 197 g/mol. The maximum atomic E-state index is 13.0. The van der Waals surface area contributed by atoms with Gasteiger partial charge in [0, 0.05) is 17.7 Å². The monoisotopic (exact) mass is 209 g/mol. The van der Waals surface area contributed by atoms with Crippen molar-refractivity contribution < 1.29 is 13.9 Å². The van der Waals surface area contributed by atoms with Gasteiger partial charge in [-0.25, -0.2) is 4.39 Å². The van der Waals surface area contributed by atoms with Crippen LogP contribution in [0.15, 0.2) is 18.2 Å². The van der Waals surface area contributed by atoms with Crippen molar-refractivity contribution in [2.75, 3.05) is 12.4 Å². The van der Waals surface area contributed by atoms with Gasteiger partial charge in [-0.1, -0.05) is 0 Å². The predicted molar refractivity (Wildman–Crippen MR) is 54.3 cm³/mol. The molecule has 15 heavy (non-hydrogen) atoms. The SMILES string of the molecule is COc1cc(NC(=O)C2CC2)ccc1F. The Morgan fingerprint density at radius 2 is 2.27 bits per heavy atom. The van der Waals surface area contributed by atoms with Gasteiger partial charge in [0.15, 0.2) is 11.6 Å². The second-order valence-electron chi connectivity index (χ2n) is 3.61. The summed E-state index contributed by atoms with van der Waals surface area (Å²) >= 11 is 0. The van der Waals surface area contributed by atoms with E-state index >= 15 is 0 Å². The summed E-state index contributed by atoms with van der Waals surface area (Å²) in [6.07, 6.45) is 1.90. The van der Waals surface area contributed by atoms with Gasteiger partial charge in [0.2, 0.25) is 5.91 Å². The van der Waals surface area contributed by atoms with Crippen LogP contribution in [0.2, 0.25) is 0 Å². The fourth-order valence-corrected chi connectivity index (χ4v) is 1.33. The Morgan fingerprint density at radius 1 is 1.53 bits per heavy atom. The number of carbonyl (C=O) groups excluding carboxylic acids is 1. The molecule has 1 amide bonds. The maximum Gasteiger partial charge on any atom is 0.227 e. The van der Waals surface area contributed by atoms with Crippen LogP contribution in [-0.2, 0) is 4.79 Å². The van der Waals surface area contributed by atoms with Crippen molar-refractivity contribution in [3.05, 3.63) is 24.0 Å². The first-order chi connectivity index (χ1) is 7.20. The number of rotatable bonds is 3. The van der Waals surface area contributed by atoms with Crippen molar-refractivity contribution in [1.82, 2.24) is 0 Å². The summed E-state index contributed by atoms with van der Waals surface area (Å²) in [6.45, 7) is 0. The molecule has 0 atom stereocenters. The zero-order valence-electron chi connectivity index (χ0n) is 8.42. The first kappa shape index (κ1) is 9.96. The number of nitrogens with one attached hydrogen (secondary N) is 1. The predicted octanol–water partition coefficient (Wildman–Crippen LogP) is 2.18. The highest BCUT2D eigenvalue weighted by molar-refractivity contribution is 5.94. The van der Waals surface area contributed by atoms with Gasteiger partial charge < -0.3 is 10.1 Å². The van der Waals surface area contributed by atoms with Crippen molar-refractivity contribution in [3.63, 3.8) is 0 Å². The fraction of sp³-hybridized carbons (Fsp3) is 0.364. The van der Waals surface area contributed by atoms with E-state index in [9.17, 15) is 9.18 Å². The van der Waals surface area contributed by atoms with Crippen molar-refractivity contribution in [2.24, 2.45) is 5.92 Å². The number of anilines is 1. The quantitative estimate of drug-likeness (QED) is 0.828. The standard InChI is InChI=1S/C11H12FNO2/c1-15-10-6-8(4-5-9(10)12)13-11(14)7-2-3-7/h4-7H,2-3H2,1H3,(H,13,14). The molecule has 1 aromatic rings. The van der Waals surface area contributed by atoms with Crippen molar-refractivity contribution in [2.45, 2.75) is 12.8 Å². The van der Waals surface area contributed by atoms with Gasteiger partial charge in [0.05, 0.1) is 7.11 Å². The average Bonchev–Trinajstić information content (AvgIpc) is 3.04. The van der Waals surface area contributed by atoms with Crippen molar-refractivity contribution >= 4 is 11.6 Å². The highest BCUT2D eigenvalue weighted by Gasteiger charge is 2.29. The van der Waals surface area contributed by atoms with E-state index in [4.69, 9.17) is 4.74 Å². The molecule has 2 rings (SSSR count). The zero-order chi connectivity index (χ0) is 10.8. The van der Waals surface area contributed by atoms with E-state index in [1.165, 1.54) is 25.3 Å². The van der Waals surface area contributed by atoms with Crippen LogP contribution in [0.3, 0.4) is 0 Å². The van der Waals surface area contributed by atoms with E-state index in [1.807, 2.05) is 0 Å². The van der Waals surface area contributed by atoms with E-state index < -0.39 is 5.82 Å². The summed E-state index contributed by atoms with van der Waals surface area (Å²) in [5.41, 5.74) is 0.574. The molecule has 0 spiro atoms. The first-order valence-corrected chi connectivity index (χ1v) is 4.85. The Bertz CT molecular complexity index is 388. The second-order valence-corrected chi connectivity index (χ2v) is 3.61. The lowest BCUT2D eigenvalue weighted by atomic mass is 10.2. The lowest BCUT2D eigenvalue weighted by Gasteiger charge is -2.06. The normalized spacial score (nSPS) is 14.8. The number of ether oxygens (including phenoxy) is 1. The lowest BCUT2D eigenvalue weighted by Crippen LogP contribution is -2.13. The van der Waals surface area contributed by atoms with Gasteiger partial charge in [-0.15, -0.1) is 0 Å². The number of hydrogen-bond acceptors (Lipinski definition) is 2. The molecule has 1 fully saturated rings. The number of carbonyl (C=O) groups is 1. The zero-order valence-corrected chi connectivity index (χ0v) is 8.42. The highest BCUT2D eigenvalue weighted by Crippen LogP contribution is 2.30. The summed E-state index contributed by atoms with van der Waals surface area (Å²) in [7, 11) is 1.39. The van der Waals surface area contributed by atoms with Gasteiger partial charge in [-0.2, -0.15) is 0 Å². The van der Waals surface area contributed by atoms with Crippen LogP contribution in [-0.4, -0.2) is 13.0 Å². The molecule has 1 aromatic carbocycles. The molecule has 0 aromatic heterocycles. The molecule has 1 aliphatic carbocycles. The Balaban J connectivity index is 2.10. The summed E-state index contributed by atoms with van der Waals surface area (Å²) in [5, 5.41) is 2.72. The summed E-state index contributed by atoms with van der Waals surface area (Å²) in [5.74, 6) is -0.143. The third kappa shape index (κ3) is 2.26. The van der Waals surface area contributed by atoms with E-state index in [0.29, 0.717) is 5.69 Å². The van der Waals surface area contributed by atoms with Crippen LogP contribution in [0, 0.1) is 11.7 Å². The van der Waals surface area contributed by atoms with Crippen LogP contribution in [0.5, 0.6) is 5.75 Å². The number of methoxy groups -OCH3 is 1. The minimum Gasteiger partial charge on any atom is -0.494 e. The molecular formula is C11H12FNO2. The third-order valence-corrected chi connectivity index (χ3v) is 2.37. The third-order valence-electron chi connectivity index (χ3n) is 2.37.